The summed E-state index contributed by atoms with van der Waals surface area (Å²) >= 11 is 6.59. The Hall–Kier alpha value is -2.43. The minimum Gasteiger partial charge on any atom is -0.427 e. The van der Waals surface area contributed by atoms with Crippen LogP contribution in [-0.4, -0.2) is 36.6 Å². The van der Waals surface area contributed by atoms with Crippen molar-refractivity contribution < 1.29 is 27.8 Å². The zero-order valence-corrected chi connectivity index (χ0v) is 19.9. The van der Waals surface area contributed by atoms with Gasteiger partial charge in [-0.3, -0.25) is 9.59 Å². The molecule has 0 radical (unpaired) electrons. The van der Waals surface area contributed by atoms with E-state index in [-0.39, 0.29) is 23.3 Å². The molecule has 0 aromatic heterocycles. The Kier molecular flexibility index (Phi) is 7.81. The minimum atomic E-state index is -2.54. The van der Waals surface area contributed by atoms with E-state index >= 15 is 0 Å². The molecule has 1 amide bonds. The number of hydrogen-bond donors (Lipinski definition) is 1. The summed E-state index contributed by atoms with van der Waals surface area (Å²) in [5, 5.41) is 3.35. The largest absolute Gasteiger partial charge is 0.427 e. The van der Waals surface area contributed by atoms with Crippen LogP contribution in [0.5, 0.6) is 0 Å². The third-order valence-electron chi connectivity index (χ3n) is 5.97. The van der Waals surface area contributed by atoms with Crippen LogP contribution in [0.2, 0.25) is 5.02 Å². The van der Waals surface area contributed by atoms with Crippen LogP contribution in [0.15, 0.2) is 17.9 Å². The summed E-state index contributed by atoms with van der Waals surface area (Å²) in [6, 6.07) is 3.52. The quantitative estimate of drug-likeness (QED) is 0.459. The van der Waals surface area contributed by atoms with E-state index < -0.39 is 30.5 Å². The molecule has 1 saturated carbocycles. The summed E-state index contributed by atoms with van der Waals surface area (Å²) in [4.78, 5) is 25.8. The fourth-order valence-electron chi connectivity index (χ4n) is 4.36. The van der Waals surface area contributed by atoms with Crippen LogP contribution in [0.3, 0.4) is 0 Å². The fourth-order valence-corrected chi connectivity index (χ4v) is 4.72. The molecule has 0 saturated heterocycles. The van der Waals surface area contributed by atoms with Crippen LogP contribution in [0.1, 0.15) is 63.1 Å². The lowest BCUT2D eigenvalue weighted by atomic mass is 9.79. The second-order valence-electron chi connectivity index (χ2n) is 8.76. The van der Waals surface area contributed by atoms with Crippen LogP contribution >= 0.6 is 11.6 Å². The van der Waals surface area contributed by atoms with Gasteiger partial charge in [0, 0.05) is 11.1 Å². The average Bonchev–Trinajstić information content (AvgIpc) is 2.98. The lowest BCUT2D eigenvalue weighted by molar-refractivity contribution is -0.144. The maximum Gasteiger partial charge on any atom is 0.313 e. The molecule has 1 aromatic carbocycles. The van der Waals surface area contributed by atoms with Gasteiger partial charge in [0.05, 0.1) is 28.2 Å². The third kappa shape index (κ3) is 5.39. The van der Waals surface area contributed by atoms with E-state index in [1.807, 2.05) is 13.0 Å². The summed E-state index contributed by atoms with van der Waals surface area (Å²) in [7, 11) is 0. The highest BCUT2D eigenvalue weighted by Gasteiger charge is 2.50. The van der Waals surface area contributed by atoms with Gasteiger partial charge in [-0.05, 0) is 57.2 Å². The molecule has 5 nitrogen and oxygen atoms in total. The molecular formula is C25H28ClF2NO4. The van der Waals surface area contributed by atoms with E-state index in [0.717, 1.165) is 11.1 Å². The van der Waals surface area contributed by atoms with Crippen LogP contribution in [-0.2, 0) is 19.1 Å². The predicted octanol–water partition coefficient (Wildman–Crippen LogP) is 5.02. The maximum atomic E-state index is 13.2. The Morgan fingerprint density at radius 2 is 1.97 bits per heavy atom. The summed E-state index contributed by atoms with van der Waals surface area (Å²) in [5.74, 6) is 4.78. The zero-order valence-electron chi connectivity index (χ0n) is 19.2. The van der Waals surface area contributed by atoms with Gasteiger partial charge in [-0.15, -0.1) is 5.92 Å². The topological polar surface area (TPSA) is 64.6 Å². The Bertz CT molecular complexity index is 1010. The number of rotatable bonds is 6. The standard InChI is InChI=1S/C25H28ClF2NO4/c1-5-6-16-11-15(4)20(18(26)12-16)21-22(33-24(31)14(2)3)25(29-23(21)30)9-7-17(8-10-25)32-13-19(27)28/h11-12,14,17,19H,7-10,13H2,1-4H3,(H,29,30). The van der Waals surface area contributed by atoms with Crippen LogP contribution < -0.4 is 5.32 Å². The molecule has 1 spiro atoms. The van der Waals surface area contributed by atoms with Gasteiger partial charge >= 0.3 is 5.97 Å². The van der Waals surface area contributed by atoms with Crippen LogP contribution in [0.4, 0.5) is 8.78 Å². The minimum absolute atomic E-state index is 0.231. The Balaban J connectivity index is 2.04. The van der Waals surface area contributed by atoms with E-state index in [1.165, 1.54) is 0 Å². The fraction of sp³-hybridized carbons (Fsp3) is 0.520. The number of amides is 1. The first-order valence-corrected chi connectivity index (χ1v) is 11.4. The van der Waals surface area contributed by atoms with Crippen LogP contribution in [0.25, 0.3) is 5.57 Å². The molecule has 8 heteroatoms. The lowest BCUT2D eigenvalue weighted by Crippen LogP contribution is -2.49. The number of carbonyl (C=O) groups excluding carboxylic acids is 2. The molecule has 33 heavy (non-hydrogen) atoms. The van der Waals surface area contributed by atoms with Crippen LogP contribution in [0, 0.1) is 24.7 Å². The Labute approximate surface area is 197 Å². The number of nitrogens with one attached hydrogen (secondary N) is 1. The van der Waals surface area contributed by atoms with Crippen molar-refractivity contribution in [3.63, 3.8) is 0 Å². The molecule has 0 atom stereocenters. The van der Waals surface area contributed by atoms with Crippen molar-refractivity contribution >= 4 is 29.1 Å². The number of aryl methyl sites for hydroxylation is 1. The van der Waals surface area contributed by atoms with Gasteiger partial charge in [0.2, 0.25) is 0 Å². The molecule has 178 valence electrons. The van der Waals surface area contributed by atoms with Crippen molar-refractivity contribution in [1.82, 2.24) is 5.32 Å². The molecule has 3 rings (SSSR count). The van der Waals surface area contributed by atoms with Gasteiger partial charge in [-0.2, -0.15) is 0 Å². The molecule has 1 heterocycles. The van der Waals surface area contributed by atoms with Gasteiger partial charge in [-0.1, -0.05) is 31.4 Å². The van der Waals surface area contributed by atoms with Crippen molar-refractivity contribution in [1.29, 1.82) is 0 Å². The number of halogens is 3. The van der Waals surface area contributed by atoms with E-state index in [2.05, 4.69) is 17.2 Å². The van der Waals surface area contributed by atoms with Crippen molar-refractivity contribution in [2.45, 2.75) is 71.4 Å². The van der Waals surface area contributed by atoms with Gasteiger partial charge in [-0.25, -0.2) is 8.78 Å². The SMILES string of the molecule is CC#Cc1cc(C)c(C2=C(OC(=O)C(C)C)C3(CCC(OCC(F)F)CC3)NC2=O)c(Cl)c1. The Morgan fingerprint density at radius 3 is 2.52 bits per heavy atom. The highest BCUT2D eigenvalue weighted by Crippen LogP contribution is 2.46. The monoisotopic (exact) mass is 479 g/mol. The number of benzene rings is 1. The van der Waals surface area contributed by atoms with E-state index in [9.17, 15) is 18.4 Å². The van der Waals surface area contributed by atoms with Gasteiger partial charge in [0.25, 0.3) is 12.3 Å². The molecule has 1 N–H and O–H groups in total. The molecule has 2 aliphatic rings. The summed E-state index contributed by atoms with van der Waals surface area (Å²) in [5.41, 5.74) is 1.26. The van der Waals surface area contributed by atoms with Crippen molar-refractivity contribution in [2.75, 3.05) is 6.61 Å². The summed E-state index contributed by atoms with van der Waals surface area (Å²) in [6.07, 6.45) is -1.20. The van der Waals surface area contributed by atoms with Crippen molar-refractivity contribution in [3.8, 4) is 11.8 Å². The van der Waals surface area contributed by atoms with Gasteiger partial charge in [0.1, 0.15) is 12.4 Å². The maximum absolute atomic E-state index is 13.2. The molecule has 1 aromatic rings. The predicted molar refractivity (Wildman–Crippen MR) is 122 cm³/mol. The number of esters is 1. The summed E-state index contributed by atoms with van der Waals surface area (Å²) in [6.45, 7) is 6.35. The first kappa shape index (κ1) is 25.2. The first-order chi connectivity index (χ1) is 15.6. The molecule has 1 aliphatic heterocycles. The molecule has 0 bridgehead atoms. The molecular weight excluding hydrogens is 452 g/mol. The number of carbonyl (C=O) groups is 2. The Morgan fingerprint density at radius 1 is 1.30 bits per heavy atom. The summed E-state index contributed by atoms with van der Waals surface area (Å²) < 4.78 is 36.2. The van der Waals surface area contributed by atoms with Crippen molar-refractivity contribution in [2.24, 2.45) is 5.92 Å². The highest BCUT2D eigenvalue weighted by molar-refractivity contribution is 6.36. The van der Waals surface area contributed by atoms with Crippen molar-refractivity contribution in [3.05, 3.63) is 39.6 Å². The zero-order chi connectivity index (χ0) is 24.3. The number of alkyl halides is 2. The van der Waals surface area contributed by atoms with Gasteiger partial charge in [0.15, 0.2) is 0 Å². The van der Waals surface area contributed by atoms with Gasteiger partial charge < -0.3 is 14.8 Å². The lowest BCUT2D eigenvalue weighted by Gasteiger charge is -2.38. The van der Waals surface area contributed by atoms with E-state index in [0.29, 0.717) is 36.3 Å². The molecule has 1 fully saturated rings. The van der Waals surface area contributed by atoms with E-state index in [1.54, 1.807) is 26.8 Å². The van der Waals surface area contributed by atoms with E-state index in [4.69, 9.17) is 21.1 Å². The number of hydrogen-bond acceptors (Lipinski definition) is 4. The number of ether oxygens (including phenoxy) is 2. The second-order valence-corrected chi connectivity index (χ2v) is 9.17. The first-order valence-electron chi connectivity index (χ1n) is 11.0. The smallest absolute Gasteiger partial charge is 0.313 e. The average molecular weight is 480 g/mol. The molecule has 1 aliphatic carbocycles. The normalized spacial score (nSPS) is 22.6. The third-order valence-corrected chi connectivity index (χ3v) is 6.26. The second kappa shape index (κ2) is 10.2. The highest BCUT2D eigenvalue weighted by atomic mass is 35.5. The molecule has 0 unspecified atom stereocenters.